The normalized spacial score (nSPS) is 12.2. The lowest BCUT2D eigenvalue weighted by Gasteiger charge is -2.22. The van der Waals surface area contributed by atoms with Gasteiger partial charge < -0.3 is 29.1 Å². The van der Waals surface area contributed by atoms with Gasteiger partial charge in [0.2, 0.25) is 0 Å². The smallest absolute Gasteiger partial charge is 0.258 e. The number of methoxy groups -OCH3 is 2. The fourth-order valence-electron chi connectivity index (χ4n) is 4.59. The number of nitrogens with zero attached hydrogens (tertiary/aromatic N) is 2. The number of aliphatic hydroxyl groups is 1. The highest BCUT2D eigenvalue weighted by Crippen LogP contribution is 2.28. The zero-order chi connectivity index (χ0) is 32.3. The van der Waals surface area contributed by atoms with Crippen molar-refractivity contribution in [3.63, 3.8) is 0 Å². The van der Waals surface area contributed by atoms with Crippen molar-refractivity contribution in [2.24, 2.45) is 0 Å². The molecule has 1 aliphatic rings. The molecule has 0 aliphatic carbocycles. The molecule has 4 aromatic carbocycles. The summed E-state index contributed by atoms with van der Waals surface area (Å²) in [5.74, 6) is 1.10. The number of rotatable bonds is 9. The zero-order valence-corrected chi connectivity index (χ0v) is 28.0. The molecule has 45 heavy (non-hydrogen) atoms. The van der Waals surface area contributed by atoms with Crippen LogP contribution in [0.5, 0.6) is 17.2 Å². The third-order valence-corrected chi connectivity index (χ3v) is 7.95. The molecule has 0 unspecified atom stereocenters. The lowest BCUT2D eigenvalue weighted by atomic mass is 10.1. The second-order valence-corrected chi connectivity index (χ2v) is 11.8. The summed E-state index contributed by atoms with van der Waals surface area (Å²) in [6.07, 6.45) is 0. The van der Waals surface area contributed by atoms with Crippen LogP contribution in [0.1, 0.15) is 31.8 Å². The fourth-order valence-corrected chi connectivity index (χ4v) is 5.26. The van der Waals surface area contributed by atoms with Crippen molar-refractivity contribution in [3.05, 3.63) is 122 Å². The van der Waals surface area contributed by atoms with Gasteiger partial charge in [0.1, 0.15) is 29.7 Å². The Morgan fingerprint density at radius 2 is 1.51 bits per heavy atom. The Morgan fingerprint density at radius 3 is 2.11 bits per heavy atom. The molecular weight excluding hydrogens is 711 g/mol. The van der Waals surface area contributed by atoms with Crippen molar-refractivity contribution in [2.45, 2.75) is 13.1 Å². The van der Waals surface area contributed by atoms with Crippen molar-refractivity contribution in [2.75, 3.05) is 40.5 Å². The van der Waals surface area contributed by atoms with Gasteiger partial charge in [0.05, 0.1) is 38.5 Å². The third-order valence-electron chi connectivity index (χ3n) is 6.96. The van der Waals surface area contributed by atoms with Gasteiger partial charge in [-0.2, -0.15) is 0 Å². The number of halogens is 3. The van der Waals surface area contributed by atoms with Gasteiger partial charge in [0.25, 0.3) is 11.8 Å². The summed E-state index contributed by atoms with van der Waals surface area (Å²) in [6, 6.07) is 24.8. The van der Waals surface area contributed by atoms with Gasteiger partial charge in [-0.25, -0.2) is 4.39 Å². The summed E-state index contributed by atoms with van der Waals surface area (Å²) in [5, 5.41) is 9.19. The third kappa shape index (κ3) is 9.29. The highest BCUT2D eigenvalue weighted by Gasteiger charge is 2.24. The standard InChI is InChI=1S/C17H17BrFNO3.C17H16BrNO3/c1-23-14-5-2-12(3-6-14)11-20(8-9-21)17(22)15-7-4-13(18)10-16(15)19;1-21-14-5-2-12(3-6-14)11-19-8-9-22-16-10-13(18)4-7-15(16)17(19)20/h2-7,10,21H,8-9,11H2,1H3;2-7,10H,8-9,11H2,1H3. The lowest BCUT2D eigenvalue weighted by Crippen LogP contribution is -2.33. The van der Waals surface area contributed by atoms with Gasteiger partial charge in [-0.3, -0.25) is 9.59 Å². The van der Waals surface area contributed by atoms with Crippen LogP contribution in [0.25, 0.3) is 0 Å². The molecule has 0 saturated carbocycles. The molecule has 1 aliphatic heterocycles. The molecule has 0 aromatic heterocycles. The van der Waals surface area contributed by atoms with Crippen molar-refractivity contribution < 1.29 is 33.3 Å². The molecule has 0 spiro atoms. The maximum Gasteiger partial charge on any atom is 0.258 e. The molecule has 5 rings (SSSR count). The van der Waals surface area contributed by atoms with E-state index in [2.05, 4.69) is 31.9 Å². The Kier molecular flexibility index (Phi) is 12.4. The minimum absolute atomic E-state index is 0.00387. The molecule has 0 atom stereocenters. The second-order valence-electron chi connectivity index (χ2n) is 9.99. The molecule has 11 heteroatoms. The monoisotopic (exact) mass is 742 g/mol. The van der Waals surface area contributed by atoms with Crippen molar-refractivity contribution in [1.82, 2.24) is 9.80 Å². The highest BCUT2D eigenvalue weighted by molar-refractivity contribution is 9.10. The van der Waals surface area contributed by atoms with E-state index in [9.17, 15) is 19.1 Å². The van der Waals surface area contributed by atoms with E-state index in [1.807, 2.05) is 53.4 Å². The molecule has 4 aromatic rings. The predicted octanol–water partition coefficient (Wildman–Crippen LogP) is 6.72. The molecular formula is C34H33Br2FN2O6. The summed E-state index contributed by atoms with van der Waals surface area (Å²) in [5.41, 5.74) is 2.52. The highest BCUT2D eigenvalue weighted by atomic mass is 79.9. The molecule has 0 saturated heterocycles. The molecule has 236 valence electrons. The SMILES string of the molecule is COc1ccc(CN(CCO)C(=O)c2ccc(Br)cc2F)cc1.COc1ccc(CN2CCOc3cc(Br)ccc3C2=O)cc1. The van der Waals surface area contributed by atoms with E-state index in [0.717, 1.165) is 21.3 Å². The first-order chi connectivity index (χ1) is 21.7. The van der Waals surface area contributed by atoms with Gasteiger partial charge in [0.15, 0.2) is 0 Å². The van der Waals surface area contributed by atoms with Crippen LogP contribution in [-0.4, -0.2) is 67.2 Å². The van der Waals surface area contributed by atoms with Crippen LogP contribution in [-0.2, 0) is 13.1 Å². The Labute approximate surface area is 278 Å². The van der Waals surface area contributed by atoms with Gasteiger partial charge in [0, 0.05) is 28.6 Å². The van der Waals surface area contributed by atoms with Crippen LogP contribution >= 0.6 is 31.9 Å². The quantitative estimate of drug-likeness (QED) is 0.205. The van der Waals surface area contributed by atoms with E-state index in [1.165, 1.54) is 17.0 Å². The number of ether oxygens (including phenoxy) is 3. The average molecular weight is 744 g/mol. The van der Waals surface area contributed by atoms with E-state index >= 15 is 0 Å². The molecule has 1 heterocycles. The number of aliphatic hydroxyl groups excluding tert-OH is 1. The van der Waals surface area contributed by atoms with E-state index in [0.29, 0.717) is 41.2 Å². The van der Waals surface area contributed by atoms with Gasteiger partial charge in [-0.1, -0.05) is 56.1 Å². The molecule has 0 fully saturated rings. The van der Waals surface area contributed by atoms with Crippen LogP contribution in [0.4, 0.5) is 4.39 Å². The minimum atomic E-state index is -0.595. The van der Waals surface area contributed by atoms with Crippen LogP contribution in [0.3, 0.4) is 0 Å². The van der Waals surface area contributed by atoms with Crippen LogP contribution in [0.15, 0.2) is 93.9 Å². The van der Waals surface area contributed by atoms with E-state index in [-0.39, 0.29) is 31.2 Å². The van der Waals surface area contributed by atoms with Gasteiger partial charge >= 0.3 is 0 Å². The summed E-state index contributed by atoms with van der Waals surface area (Å²) in [6.45, 7) is 1.82. The number of fused-ring (bicyclic) bond motifs is 1. The number of carbonyl (C=O) groups excluding carboxylic acids is 2. The Morgan fingerprint density at radius 1 is 0.911 bits per heavy atom. The number of amides is 2. The Balaban J connectivity index is 0.000000205. The summed E-state index contributed by atoms with van der Waals surface area (Å²) >= 11 is 6.57. The van der Waals surface area contributed by atoms with Crippen LogP contribution in [0, 0.1) is 5.82 Å². The van der Waals surface area contributed by atoms with Crippen LogP contribution in [0.2, 0.25) is 0 Å². The van der Waals surface area contributed by atoms with Gasteiger partial charge in [-0.15, -0.1) is 0 Å². The molecule has 2 amide bonds. The Bertz CT molecular complexity index is 1600. The molecule has 1 N–H and O–H groups in total. The summed E-state index contributed by atoms with van der Waals surface area (Å²) in [7, 11) is 3.21. The molecule has 0 radical (unpaired) electrons. The van der Waals surface area contributed by atoms with E-state index in [1.54, 1.807) is 38.5 Å². The lowest BCUT2D eigenvalue weighted by molar-refractivity contribution is 0.0702. The molecule has 8 nitrogen and oxygen atoms in total. The van der Waals surface area contributed by atoms with Crippen LogP contribution < -0.4 is 14.2 Å². The minimum Gasteiger partial charge on any atom is -0.497 e. The fraction of sp³-hybridized carbons (Fsp3) is 0.235. The number of hydrogen-bond donors (Lipinski definition) is 1. The summed E-state index contributed by atoms with van der Waals surface area (Å²) in [4.78, 5) is 28.4. The summed E-state index contributed by atoms with van der Waals surface area (Å²) < 4.78 is 31.4. The number of hydrogen-bond acceptors (Lipinski definition) is 6. The predicted molar refractivity (Wildman–Crippen MR) is 176 cm³/mol. The van der Waals surface area contributed by atoms with E-state index in [4.69, 9.17) is 14.2 Å². The molecule has 0 bridgehead atoms. The Hall–Kier alpha value is -3.93. The topological polar surface area (TPSA) is 88.5 Å². The first-order valence-corrected chi connectivity index (χ1v) is 15.6. The first-order valence-electron chi connectivity index (χ1n) is 14.0. The maximum atomic E-state index is 14.0. The number of carbonyl (C=O) groups is 2. The van der Waals surface area contributed by atoms with Gasteiger partial charge in [-0.05, 0) is 71.8 Å². The number of benzene rings is 4. The zero-order valence-electron chi connectivity index (χ0n) is 24.8. The maximum absolute atomic E-state index is 14.0. The largest absolute Gasteiger partial charge is 0.497 e. The second kappa shape index (κ2) is 16.4. The van der Waals surface area contributed by atoms with Crippen molar-refractivity contribution in [3.8, 4) is 17.2 Å². The van der Waals surface area contributed by atoms with Crippen molar-refractivity contribution >= 4 is 43.7 Å². The first kappa shape index (κ1) is 34.0. The average Bonchev–Trinajstić information content (AvgIpc) is 3.19. The van der Waals surface area contributed by atoms with E-state index < -0.39 is 11.7 Å². The van der Waals surface area contributed by atoms with Crippen molar-refractivity contribution in [1.29, 1.82) is 0 Å².